The van der Waals surface area contributed by atoms with Gasteiger partial charge in [0.1, 0.15) is 0 Å². The van der Waals surface area contributed by atoms with Crippen LogP contribution in [-0.4, -0.2) is 9.55 Å². The Morgan fingerprint density at radius 2 is 2.00 bits per heavy atom. The van der Waals surface area contributed by atoms with Crippen LogP contribution in [0, 0.1) is 11.8 Å². The van der Waals surface area contributed by atoms with Crippen molar-refractivity contribution in [1.82, 2.24) is 9.55 Å². The zero-order chi connectivity index (χ0) is 12.3. The van der Waals surface area contributed by atoms with Crippen LogP contribution in [-0.2, 0) is 6.54 Å². The SMILES string of the molecule is CCC1CCC(Cn2cncc2[C@H](C)N)CC1. The zero-order valence-electron chi connectivity index (χ0n) is 11.1. The summed E-state index contributed by atoms with van der Waals surface area (Å²) in [6.45, 7) is 5.45. The maximum Gasteiger partial charge on any atom is 0.0948 e. The first kappa shape index (κ1) is 12.6. The van der Waals surface area contributed by atoms with Gasteiger partial charge in [-0.3, -0.25) is 0 Å². The molecule has 0 unspecified atom stereocenters. The number of rotatable bonds is 4. The maximum atomic E-state index is 5.95. The van der Waals surface area contributed by atoms with Gasteiger partial charge < -0.3 is 10.3 Å². The van der Waals surface area contributed by atoms with Gasteiger partial charge in [0.15, 0.2) is 0 Å². The molecule has 2 rings (SSSR count). The van der Waals surface area contributed by atoms with Crippen LogP contribution < -0.4 is 5.73 Å². The number of hydrogen-bond acceptors (Lipinski definition) is 2. The fraction of sp³-hybridized carbons (Fsp3) is 0.786. The summed E-state index contributed by atoms with van der Waals surface area (Å²) in [5, 5.41) is 0. The summed E-state index contributed by atoms with van der Waals surface area (Å²) < 4.78 is 2.25. The minimum atomic E-state index is 0.0875. The molecule has 0 aromatic carbocycles. The van der Waals surface area contributed by atoms with Crippen LogP contribution in [0.5, 0.6) is 0 Å². The second kappa shape index (κ2) is 5.67. The summed E-state index contributed by atoms with van der Waals surface area (Å²) in [5.41, 5.74) is 7.12. The topological polar surface area (TPSA) is 43.8 Å². The molecule has 0 bridgehead atoms. The van der Waals surface area contributed by atoms with Crippen molar-refractivity contribution < 1.29 is 0 Å². The molecule has 1 fully saturated rings. The molecular formula is C14H25N3. The molecule has 1 atom stereocenters. The van der Waals surface area contributed by atoms with E-state index in [2.05, 4.69) is 16.5 Å². The highest BCUT2D eigenvalue weighted by Gasteiger charge is 2.21. The van der Waals surface area contributed by atoms with Crippen LogP contribution in [0.2, 0.25) is 0 Å². The van der Waals surface area contributed by atoms with Gasteiger partial charge in [0.05, 0.1) is 12.0 Å². The minimum Gasteiger partial charge on any atom is -0.333 e. The van der Waals surface area contributed by atoms with Gasteiger partial charge in [0.25, 0.3) is 0 Å². The Kier molecular flexibility index (Phi) is 4.21. The number of imidazole rings is 1. The van der Waals surface area contributed by atoms with E-state index in [0.29, 0.717) is 0 Å². The fourth-order valence-corrected chi connectivity index (χ4v) is 2.96. The van der Waals surface area contributed by atoms with Crippen molar-refractivity contribution in [1.29, 1.82) is 0 Å². The molecule has 1 saturated carbocycles. The predicted molar refractivity (Wildman–Crippen MR) is 70.6 cm³/mol. The van der Waals surface area contributed by atoms with Crippen molar-refractivity contribution in [2.24, 2.45) is 17.6 Å². The smallest absolute Gasteiger partial charge is 0.0948 e. The van der Waals surface area contributed by atoms with E-state index >= 15 is 0 Å². The molecule has 96 valence electrons. The minimum absolute atomic E-state index is 0.0875. The summed E-state index contributed by atoms with van der Waals surface area (Å²) in [4.78, 5) is 4.22. The van der Waals surface area contributed by atoms with Crippen LogP contribution in [0.25, 0.3) is 0 Å². The zero-order valence-corrected chi connectivity index (χ0v) is 11.1. The van der Waals surface area contributed by atoms with Gasteiger partial charge in [-0.2, -0.15) is 0 Å². The molecule has 2 N–H and O–H groups in total. The monoisotopic (exact) mass is 235 g/mol. The lowest BCUT2D eigenvalue weighted by atomic mass is 9.81. The van der Waals surface area contributed by atoms with Gasteiger partial charge in [0.2, 0.25) is 0 Å². The Bertz CT molecular complexity index is 335. The van der Waals surface area contributed by atoms with Crippen LogP contribution in [0.1, 0.15) is 57.7 Å². The number of hydrogen-bond donors (Lipinski definition) is 1. The maximum absolute atomic E-state index is 5.95. The molecule has 3 nitrogen and oxygen atoms in total. The van der Waals surface area contributed by atoms with Gasteiger partial charge in [-0.25, -0.2) is 4.98 Å². The largest absolute Gasteiger partial charge is 0.333 e. The second-order valence-electron chi connectivity index (χ2n) is 5.55. The van der Waals surface area contributed by atoms with Crippen molar-refractivity contribution in [3.8, 4) is 0 Å². The molecule has 1 aromatic rings. The first-order valence-corrected chi connectivity index (χ1v) is 6.96. The Morgan fingerprint density at radius 1 is 1.35 bits per heavy atom. The Morgan fingerprint density at radius 3 is 2.59 bits per heavy atom. The molecule has 0 radical (unpaired) electrons. The third kappa shape index (κ3) is 3.09. The highest BCUT2D eigenvalue weighted by atomic mass is 15.1. The lowest BCUT2D eigenvalue weighted by Crippen LogP contribution is -2.21. The molecule has 1 aromatic heterocycles. The Hall–Kier alpha value is -0.830. The van der Waals surface area contributed by atoms with E-state index in [4.69, 9.17) is 5.73 Å². The molecule has 1 heterocycles. The third-order valence-electron chi connectivity index (χ3n) is 4.21. The molecule has 0 amide bonds. The van der Waals surface area contributed by atoms with Gasteiger partial charge in [-0.1, -0.05) is 26.2 Å². The first-order valence-electron chi connectivity index (χ1n) is 6.96. The average Bonchev–Trinajstić information content (AvgIpc) is 2.78. The Balaban J connectivity index is 1.91. The molecule has 0 aliphatic heterocycles. The van der Waals surface area contributed by atoms with Crippen LogP contribution >= 0.6 is 0 Å². The van der Waals surface area contributed by atoms with E-state index in [0.717, 1.165) is 18.4 Å². The van der Waals surface area contributed by atoms with E-state index in [9.17, 15) is 0 Å². The van der Waals surface area contributed by atoms with Gasteiger partial charge in [0, 0.05) is 18.8 Å². The quantitative estimate of drug-likeness (QED) is 0.871. The standard InChI is InChI=1S/C14H25N3/c1-3-12-4-6-13(7-5-12)9-17-10-16-8-14(17)11(2)15/h8,10-13H,3-7,9,15H2,1-2H3/t11-,12?,13?/m0/s1. The highest BCUT2D eigenvalue weighted by molar-refractivity contribution is 5.03. The van der Waals surface area contributed by atoms with Gasteiger partial charge in [-0.05, 0) is 31.6 Å². The van der Waals surface area contributed by atoms with Crippen LogP contribution in [0.3, 0.4) is 0 Å². The number of nitrogens with two attached hydrogens (primary N) is 1. The molecule has 3 heteroatoms. The average molecular weight is 235 g/mol. The molecular weight excluding hydrogens is 210 g/mol. The normalized spacial score (nSPS) is 27.0. The summed E-state index contributed by atoms with van der Waals surface area (Å²) in [6.07, 6.45) is 10.7. The fourth-order valence-electron chi connectivity index (χ4n) is 2.96. The molecule has 1 aliphatic carbocycles. The number of aromatic nitrogens is 2. The number of nitrogens with zero attached hydrogens (tertiary/aromatic N) is 2. The molecule has 1 aliphatic rings. The van der Waals surface area contributed by atoms with Crippen molar-refractivity contribution in [3.63, 3.8) is 0 Å². The van der Waals surface area contributed by atoms with E-state index in [-0.39, 0.29) is 6.04 Å². The van der Waals surface area contributed by atoms with Crippen molar-refractivity contribution in [2.45, 2.75) is 58.5 Å². The van der Waals surface area contributed by atoms with Crippen molar-refractivity contribution in [2.75, 3.05) is 0 Å². The van der Waals surface area contributed by atoms with Crippen LogP contribution in [0.4, 0.5) is 0 Å². The summed E-state index contributed by atoms with van der Waals surface area (Å²) >= 11 is 0. The summed E-state index contributed by atoms with van der Waals surface area (Å²) in [5.74, 6) is 1.80. The molecule has 0 spiro atoms. The molecule has 0 saturated heterocycles. The second-order valence-corrected chi connectivity index (χ2v) is 5.55. The van der Waals surface area contributed by atoms with E-state index in [1.807, 2.05) is 19.4 Å². The predicted octanol–water partition coefficient (Wildman–Crippen LogP) is 3.12. The van der Waals surface area contributed by atoms with E-state index in [1.54, 1.807) is 0 Å². The van der Waals surface area contributed by atoms with E-state index in [1.165, 1.54) is 37.8 Å². The van der Waals surface area contributed by atoms with Gasteiger partial charge >= 0.3 is 0 Å². The summed E-state index contributed by atoms with van der Waals surface area (Å²) in [7, 11) is 0. The molecule has 17 heavy (non-hydrogen) atoms. The Labute approximate surface area is 104 Å². The first-order chi connectivity index (χ1) is 8.20. The third-order valence-corrected chi connectivity index (χ3v) is 4.21. The van der Waals surface area contributed by atoms with Crippen molar-refractivity contribution in [3.05, 3.63) is 18.2 Å². The van der Waals surface area contributed by atoms with Gasteiger partial charge in [-0.15, -0.1) is 0 Å². The lowest BCUT2D eigenvalue weighted by molar-refractivity contribution is 0.246. The lowest BCUT2D eigenvalue weighted by Gasteiger charge is -2.28. The van der Waals surface area contributed by atoms with E-state index < -0.39 is 0 Å². The van der Waals surface area contributed by atoms with Crippen molar-refractivity contribution >= 4 is 0 Å². The highest BCUT2D eigenvalue weighted by Crippen LogP contribution is 2.31. The summed E-state index contributed by atoms with van der Waals surface area (Å²) in [6, 6.07) is 0.0875. The van der Waals surface area contributed by atoms with Crippen LogP contribution in [0.15, 0.2) is 12.5 Å².